The molecule has 0 aliphatic heterocycles. The molecule has 24 heavy (non-hydrogen) atoms. The Labute approximate surface area is 150 Å². The highest BCUT2D eigenvalue weighted by molar-refractivity contribution is 5.04. The molecule has 0 aromatic rings. The van der Waals surface area contributed by atoms with Gasteiger partial charge < -0.3 is 0 Å². The van der Waals surface area contributed by atoms with Gasteiger partial charge in [-0.1, -0.05) is 44.9 Å². The molecule has 2 heteroatoms. The molecular weight excluding hydrogens is 297 g/mol. The Hall–Kier alpha value is -0.370. The van der Waals surface area contributed by atoms with Gasteiger partial charge in [0.2, 0.25) is 0 Å². The van der Waals surface area contributed by atoms with Gasteiger partial charge in [-0.05, 0) is 70.3 Å². The second kappa shape index (κ2) is 10.6. The summed E-state index contributed by atoms with van der Waals surface area (Å²) in [7, 11) is 0. The van der Waals surface area contributed by atoms with E-state index in [1.54, 1.807) is 6.92 Å². The number of rotatable bonds is 7. The molecule has 0 spiro atoms. The highest BCUT2D eigenvalue weighted by atomic mass is 19.1. The van der Waals surface area contributed by atoms with Crippen molar-refractivity contribution >= 4 is 0 Å². The molecule has 1 atom stereocenters. The molecule has 2 aliphatic rings. The molecule has 2 fully saturated rings. The van der Waals surface area contributed by atoms with Crippen LogP contribution in [0.3, 0.4) is 0 Å². The molecule has 0 aromatic heterocycles. The standard InChI is InChI=1S/C22H40FN/c1-18(20(3)23)15-19(2)24(17-22-13-9-6-10-14-22)16-21-11-7-4-5-8-12-21/h19,21-22H,4-17H2,1-3H3/b20-18-/t19-/m1/s1. The molecule has 2 rings (SSSR count). The zero-order valence-electron chi connectivity index (χ0n) is 16.5. The fourth-order valence-electron chi connectivity index (χ4n) is 4.73. The van der Waals surface area contributed by atoms with Gasteiger partial charge in [0, 0.05) is 19.1 Å². The first-order chi connectivity index (χ1) is 11.6. The summed E-state index contributed by atoms with van der Waals surface area (Å²) in [6.45, 7) is 8.40. The molecule has 140 valence electrons. The molecule has 0 aromatic carbocycles. The molecule has 0 bridgehead atoms. The van der Waals surface area contributed by atoms with Crippen LogP contribution in [0.1, 0.15) is 97.8 Å². The molecular formula is C22H40FN. The number of halogens is 1. The van der Waals surface area contributed by atoms with Crippen LogP contribution in [-0.4, -0.2) is 24.0 Å². The summed E-state index contributed by atoms with van der Waals surface area (Å²) >= 11 is 0. The van der Waals surface area contributed by atoms with Crippen LogP contribution in [0.5, 0.6) is 0 Å². The van der Waals surface area contributed by atoms with Crippen molar-refractivity contribution in [1.82, 2.24) is 4.90 Å². The number of hydrogen-bond donors (Lipinski definition) is 0. The average Bonchev–Trinajstić information content (AvgIpc) is 2.83. The van der Waals surface area contributed by atoms with Crippen molar-refractivity contribution < 1.29 is 4.39 Å². The summed E-state index contributed by atoms with van der Waals surface area (Å²) < 4.78 is 13.6. The summed E-state index contributed by atoms with van der Waals surface area (Å²) in [6, 6.07) is 0.473. The predicted molar refractivity (Wildman–Crippen MR) is 103 cm³/mol. The van der Waals surface area contributed by atoms with Crippen molar-refractivity contribution in [1.29, 1.82) is 0 Å². The highest BCUT2D eigenvalue weighted by Gasteiger charge is 2.24. The van der Waals surface area contributed by atoms with Crippen molar-refractivity contribution in [2.75, 3.05) is 13.1 Å². The lowest BCUT2D eigenvalue weighted by Gasteiger charge is -2.36. The summed E-state index contributed by atoms with van der Waals surface area (Å²) in [5.41, 5.74) is 0.942. The summed E-state index contributed by atoms with van der Waals surface area (Å²) in [4.78, 5) is 2.73. The molecule has 2 saturated carbocycles. The SMILES string of the molecule is C/C(F)=C(\C)C[C@@H](C)N(CC1CCCCCC1)CC1CCCCC1. The first-order valence-corrected chi connectivity index (χ1v) is 10.6. The van der Waals surface area contributed by atoms with Crippen molar-refractivity contribution in [3.8, 4) is 0 Å². The molecule has 0 heterocycles. The van der Waals surface area contributed by atoms with Crippen LogP contribution in [0.4, 0.5) is 4.39 Å². The normalized spacial score (nSPS) is 23.9. The number of allylic oxidation sites excluding steroid dienone is 1. The van der Waals surface area contributed by atoms with Crippen LogP contribution in [0.25, 0.3) is 0 Å². The third kappa shape index (κ3) is 6.86. The minimum absolute atomic E-state index is 0.0222. The van der Waals surface area contributed by atoms with Crippen LogP contribution in [0.2, 0.25) is 0 Å². The Balaban J connectivity index is 1.97. The topological polar surface area (TPSA) is 3.24 Å². The van der Waals surface area contributed by atoms with Crippen molar-refractivity contribution in [2.24, 2.45) is 11.8 Å². The highest BCUT2D eigenvalue weighted by Crippen LogP contribution is 2.29. The van der Waals surface area contributed by atoms with E-state index in [1.165, 1.54) is 83.7 Å². The van der Waals surface area contributed by atoms with Crippen LogP contribution in [0.15, 0.2) is 11.4 Å². The molecule has 0 unspecified atom stereocenters. The Bertz CT molecular complexity index is 371. The smallest absolute Gasteiger partial charge is 0.0958 e. The lowest BCUT2D eigenvalue weighted by molar-refractivity contribution is 0.128. The van der Waals surface area contributed by atoms with Crippen LogP contribution < -0.4 is 0 Å². The second-order valence-corrected chi connectivity index (χ2v) is 8.68. The first kappa shape index (κ1) is 19.9. The van der Waals surface area contributed by atoms with Crippen LogP contribution in [0, 0.1) is 11.8 Å². The van der Waals surface area contributed by atoms with E-state index in [1.807, 2.05) is 6.92 Å². The Morgan fingerprint density at radius 1 is 0.833 bits per heavy atom. The van der Waals surface area contributed by atoms with Gasteiger partial charge in [0.15, 0.2) is 0 Å². The van der Waals surface area contributed by atoms with Gasteiger partial charge in [0.1, 0.15) is 0 Å². The van der Waals surface area contributed by atoms with E-state index >= 15 is 0 Å². The second-order valence-electron chi connectivity index (χ2n) is 8.68. The largest absolute Gasteiger partial charge is 0.300 e. The van der Waals surface area contributed by atoms with Gasteiger partial charge in [0.25, 0.3) is 0 Å². The van der Waals surface area contributed by atoms with Gasteiger partial charge >= 0.3 is 0 Å². The molecule has 1 nitrogen and oxygen atoms in total. The maximum Gasteiger partial charge on any atom is 0.0958 e. The number of hydrogen-bond acceptors (Lipinski definition) is 1. The Morgan fingerprint density at radius 3 is 1.67 bits per heavy atom. The van der Waals surface area contributed by atoms with Gasteiger partial charge in [-0.25, -0.2) is 4.39 Å². The van der Waals surface area contributed by atoms with Gasteiger partial charge in [-0.3, -0.25) is 4.90 Å². The Kier molecular flexibility index (Phi) is 8.80. The van der Waals surface area contributed by atoms with E-state index in [9.17, 15) is 4.39 Å². The third-order valence-corrected chi connectivity index (χ3v) is 6.50. The van der Waals surface area contributed by atoms with E-state index in [0.717, 1.165) is 23.8 Å². The third-order valence-electron chi connectivity index (χ3n) is 6.50. The van der Waals surface area contributed by atoms with E-state index in [-0.39, 0.29) is 5.83 Å². The van der Waals surface area contributed by atoms with E-state index in [4.69, 9.17) is 0 Å². The molecule has 0 amide bonds. The van der Waals surface area contributed by atoms with E-state index in [0.29, 0.717) is 6.04 Å². The minimum Gasteiger partial charge on any atom is -0.300 e. The summed E-state index contributed by atoms with van der Waals surface area (Å²) in [5, 5.41) is 0. The minimum atomic E-state index is 0.0222. The zero-order valence-corrected chi connectivity index (χ0v) is 16.5. The van der Waals surface area contributed by atoms with Crippen molar-refractivity contribution in [2.45, 2.75) is 104 Å². The zero-order chi connectivity index (χ0) is 17.4. The molecule has 0 N–H and O–H groups in total. The quantitative estimate of drug-likeness (QED) is 0.458. The summed E-state index contributed by atoms with van der Waals surface area (Å²) in [6.07, 6.45) is 16.5. The van der Waals surface area contributed by atoms with Crippen molar-refractivity contribution in [3.05, 3.63) is 11.4 Å². The maximum absolute atomic E-state index is 13.6. The fourth-order valence-corrected chi connectivity index (χ4v) is 4.73. The predicted octanol–water partition coefficient (Wildman–Crippen LogP) is 6.88. The van der Waals surface area contributed by atoms with Crippen LogP contribution in [-0.2, 0) is 0 Å². The fraction of sp³-hybridized carbons (Fsp3) is 0.909. The monoisotopic (exact) mass is 337 g/mol. The van der Waals surface area contributed by atoms with Gasteiger partial charge in [0.05, 0.1) is 5.83 Å². The lowest BCUT2D eigenvalue weighted by Crippen LogP contribution is -2.41. The van der Waals surface area contributed by atoms with E-state index in [2.05, 4.69) is 11.8 Å². The average molecular weight is 338 g/mol. The summed E-state index contributed by atoms with van der Waals surface area (Å²) in [5.74, 6) is 1.77. The first-order valence-electron chi connectivity index (χ1n) is 10.6. The van der Waals surface area contributed by atoms with Gasteiger partial charge in [-0.2, -0.15) is 0 Å². The van der Waals surface area contributed by atoms with Crippen molar-refractivity contribution in [3.63, 3.8) is 0 Å². The Morgan fingerprint density at radius 2 is 1.25 bits per heavy atom. The molecule has 0 radical (unpaired) electrons. The van der Waals surface area contributed by atoms with Gasteiger partial charge in [-0.15, -0.1) is 0 Å². The molecule has 0 saturated heterocycles. The number of nitrogens with zero attached hydrogens (tertiary/aromatic N) is 1. The molecule has 2 aliphatic carbocycles. The van der Waals surface area contributed by atoms with Crippen LogP contribution >= 0.6 is 0 Å². The lowest BCUT2D eigenvalue weighted by atomic mass is 9.88. The maximum atomic E-state index is 13.6. The van der Waals surface area contributed by atoms with E-state index < -0.39 is 0 Å².